The van der Waals surface area contributed by atoms with Crippen LogP contribution in [0.2, 0.25) is 5.02 Å². The first-order valence-corrected chi connectivity index (χ1v) is 7.61. The molecule has 0 radical (unpaired) electrons. The number of rotatable bonds is 6. The molecule has 1 atom stereocenters. The molecule has 2 aromatic rings. The van der Waals surface area contributed by atoms with Gasteiger partial charge in [-0.25, -0.2) is 0 Å². The molecule has 0 spiro atoms. The van der Waals surface area contributed by atoms with Gasteiger partial charge >= 0.3 is 0 Å². The Balaban J connectivity index is 1.84. The van der Waals surface area contributed by atoms with Crippen molar-refractivity contribution in [3.05, 3.63) is 59.4 Å². The van der Waals surface area contributed by atoms with Crippen LogP contribution in [0, 0.1) is 0 Å². The zero-order valence-corrected chi connectivity index (χ0v) is 13.5. The first-order chi connectivity index (χ1) is 10.6. The predicted molar refractivity (Wildman–Crippen MR) is 90.0 cm³/mol. The largest absolute Gasteiger partial charge is 0.325 e. The van der Waals surface area contributed by atoms with Crippen LogP contribution in [0.1, 0.15) is 25.1 Å². The molecule has 0 bridgehead atoms. The fourth-order valence-corrected chi connectivity index (χ4v) is 2.28. The highest BCUT2D eigenvalue weighted by Gasteiger charge is 2.14. The molecule has 0 aliphatic carbocycles. The van der Waals surface area contributed by atoms with Gasteiger partial charge in [-0.05, 0) is 38.2 Å². The summed E-state index contributed by atoms with van der Waals surface area (Å²) in [6, 6.07) is 13.2. The molecule has 22 heavy (non-hydrogen) atoms. The minimum atomic E-state index is -0.0480. The Bertz CT molecular complexity index is 618. The van der Waals surface area contributed by atoms with Crippen LogP contribution in [0.15, 0.2) is 48.7 Å². The number of amides is 1. The summed E-state index contributed by atoms with van der Waals surface area (Å²) in [5.74, 6) is -0.0480. The first kappa shape index (κ1) is 16.5. The van der Waals surface area contributed by atoms with Crippen molar-refractivity contribution < 1.29 is 4.79 Å². The Morgan fingerprint density at radius 1 is 1.27 bits per heavy atom. The number of benzene rings is 1. The molecule has 0 aliphatic heterocycles. The van der Waals surface area contributed by atoms with Gasteiger partial charge in [-0.2, -0.15) is 0 Å². The summed E-state index contributed by atoms with van der Waals surface area (Å²) >= 11 is 6.03. The summed E-state index contributed by atoms with van der Waals surface area (Å²) in [4.78, 5) is 18.5. The van der Waals surface area contributed by atoms with Crippen LogP contribution < -0.4 is 5.32 Å². The van der Waals surface area contributed by atoms with E-state index in [9.17, 15) is 4.79 Å². The summed E-state index contributed by atoms with van der Waals surface area (Å²) in [6.45, 7) is 2.72. The Morgan fingerprint density at radius 3 is 2.68 bits per heavy atom. The van der Waals surface area contributed by atoms with Gasteiger partial charge < -0.3 is 5.32 Å². The third-order valence-electron chi connectivity index (χ3n) is 3.62. The second-order valence-electron chi connectivity index (χ2n) is 5.19. The molecule has 1 unspecified atom stereocenters. The monoisotopic (exact) mass is 317 g/mol. The number of carbonyl (C=O) groups excluding carboxylic acids is 1. The molecule has 1 aromatic heterocycles. The van der Waals surface area contributed by atoms with Gasteiger partial charge in [0.15, 0.2) is 0 Å². The first-order valence-electron chi connectivity index (χ1n) is 7.23. The maximum Gasteiger partial charge on any atom is 0.225 e. The van der Waals surface area contributed by atoms with E-state index in [1.54, 1.807) is 18.3 Å². The molecular formula is C17H20ClN3O. The van der Waals surface area contributed by atoms with E-state index >= 15 is 0 Å². The molecule has 1 aromatic carbocycles. The SMILES string of the molecule is CC(c1ccccn1)N(C)CCC(=O)Nc1ccccc1Cl. The number of anilines is 1. The molecular weight excluding hydrogens is 298 g/mol. The molecule has 0 saturated heterocycles. The Labute approximate surface area is 136 Å². The third-order valence-corrected chi connectivity index (χ3v) is 3.95. The Kier molecular flexibility index (Phi) is 5.92. The number of pyridine rings is 1. The number of carbonyl (C=O) groups is 1. The molecule has 0 fully saturated rings. The van der Waals surface area contributed by atoms with Crippen molar-refractivity contribution in [2.45, 2.75) is 19.4 Å². The van der Waals surface area contributed by atoms with E-state index in [4.69, 9.17) is 11.6 Å². The highest BCUT2D eigenvalue weighted by Crippen LogP contribution is 2.21. The molecule has 4 nitrogen and oxygen atoms in total. The van der Waals surface area contributed by atoms with Crippen molar-refractivity contribution in [1.29, 1.82) is 0 Å². The van der Waals surface area contributed by atoms with Crippen molar-refractivity contribution in [2.24, 2.45) is 0 Å². The van der Waals surface area contributed by atoms with Gasteiger partial charge in [-0.1, -0.05) is 29.8 Å². The van der Waals surface area contributed by atoms with E-state index < -0.39 is 0 Å². The van der Waals surface area contributed by atoms with Gasteiger partial charge in [0.2, 0.25) is 5.91 Å². The van der Waals surface area contributed by atoms with E-state index in [1.165, 1.54) is 0 Å². The Morgan fingerprint density at radius 2 is 2.00 bits per heavy atom. The molecule has 116 valence electrons. The van der Waals surface area contributed by atoms with Gasteiger partial charge in [0.05, 0.1) is 16.4 Å². The summed E-state index contributed by atoms with van der Waals surface area (Å²) in [6.07, 6.45) is 2.18. The Hall–Kier alpha value is -1.91. The third kappa shape index (κ3) is 4.55. The quantitative estimate of drug-likeness (QED) is 0.882. The lowest BCUT2D eigenvalue weighted by Gasteiger charge is -2.23. The van der Waals surface area contributed by atoms with E-state index in [2.05, 4.69) is 22.1 Å². The highest BCUT2D eigenvalue weighted by molar-refractivity contribution is 6.33. The normalized spacial score (nSPS) is 12.2. The van der Waals surface area contributed by atoms with Crippen molar-refractivity contribution in [2.75, 3.05) is 18.9 Å². The van der Waals surface area contributed by atoms with Gasteiger partial charge in [-0.15, -0.1) is 0 Å². The average Bonchev–Trinajstić information content (AvgIpc) is 2.55. The number of nitrogens with one attached hydrogen (secondary N) is 1. The van der Waals surface area contributed by atoms with Crippen molar-refractivity contribution >= 4 is 23.2 Å². The number of hydrogen-bond acceptors (Lipinski definition) is 3. The van der Waals surface area contributed by atoms with Crippen LogP contribution in [0.3, 0.4) is 0 Å². The zero-order valence-electron chi connectivity index (χ0n) is 12.8. The number of aromatic nitrogens is 1. The van der Waals surface area contributed by atoms with Crippen LogP contribution in [-0.2, 0) is 4.79 Å². The van der Waals surface area contributed by atoms with Gasteiger partial charge in [-0.3, -0.25) is 14.7 Å². The topological polar surface area (TPSA) is 45.2 Å². The molecule has 1 heterocycles. The minimum Gasteiger partial charge on any atom is -0.325 e. The van der Waals surface area contributed by atoms with E-state index in [0.29, 0.717) is 23.7 Å². The van der Waals surface area contributed by atoms with Crippen molar-refractivity contribution in [3.8, 4) is 0 Å². The van der Waals surface area contributed by atoms with Gasteiger partial charge in [0.1, 0.15) is 0 Å². The summed E-state index contributed by atoms with van der Waals surface area (Å²) < 4.78 is 0. The lowest BCUT2D eigenvalue weighted by Crippen LogP contribution is -2.27. The van der Waals surface area contributed by atoms with Crippen LogP contribution in [0.5, 0.6) is 0 Å². The van der Waals surface area contributed by atoms with Gasteiger partial charge in [0, 0.05) is 25.2 Å². The van der Waals surface area contributed by atoms with Crippen LogP contribution in [-0.4, -0.2) is 29.4 Å². The number of para-hydroxylation sites is 1. The second kappa shape index (κ2) is 7.92. The second-order valence-corrected chi connectivity index (χ2v) is 5.60. The zero-order chi connectivity index (χ0) is 15.9. The smallest absolute Gasteiger partial charge is 0.225 e. The van der Waals surface area contributed by atoms with Crippen molar-refractivity contribution in [3.63, 3.8) is 0 Å². The molecule has 2 rings (SSSR count). The fraction of sp³-hybridized carbons (Fsp3) is 0.294. The molecule has 0 aliphatic rings. The number of hydrogen-bond donors (Lipinski definition) is 1. The van der Waals surface area contributed by atoms with Crippen molar-refractivity contribution in [1.82, 2.24) is 9.88 Å². The van der Waals surface area contributed by atoms with Crippen LogP contribution in [0.25, 0.3) is 0 Å². The van der Waals surface area contributed by atoms with E-state index in [1.807, 2.05) is 37.4 Å². The lowest BCUT2D eigenvalue weighted by atomic mass is 10.2. The van der Waals surface area contributed by atoms with Crippen LogP contribution >= 0.6 is 11.6 Å². The standard InChI is InChI=1S/C17H20ClN3O/c1-13(15-8-5-6-11-19-15)21(2)12-10-17(22)20-16-9-4-3-7-14(16)18/h3-9,11,13H,10,12H2,1-2H3,(H,20,22). The maximum absolute atomic E-state index is 12.0. The number of halogens is 1. The summed E-state index contributed by atoms with van der Waals surface area (Å²) in [5.41, 5.74) is 1.64. The number of nitrogens with zero attached hydrogens (tertiary/aromatic N) is 2. The maximum atomic E-state index is 12.0. The molecule has 1 amide bonds. The molecule has 0 saturated carbocycles. The minimum absolute atomic E-state index is 0.0480. The fourth-order valence-electron chi connectivity index (χ4n) is 2.10. The van der Waals surface area contributed by atoms with Crippen LogP contribution in [0.4, 0.5) is 5.69 Å². The average molecular weight is 318 g/mol. The summed E-state index contributed by atoms with van der Waals surface area (Å²) in [5, 5.41) is 3.38. The van der Waals surface area contributed by atoms with E-state index in [-0.39, 0.29) is 11.9 Å². The molecule has 1 N–H and O–H groups in total. The molecule has 5 heteroatoms. The summed E-state index contributed by atoms with van der Waals surface area (Å²) in [7, 11) is 1.99. The highest BCUT2D eigenvalue weighted by atomic mass is 35.5. The van der Waals surface area contributed by atoms with Gasteiger partial charge in [0.25, 0.3) is 0 Å². The van der Waals surface area contributed by atoms with E-state index in [0.717, 1.165) is 5.69 Å². The predicted octanol–water partition coefficient (Wildman–Crippen LogP) is 3.76. The lowest BCUT2D eigenvalue weighted by molar-refractivity contribution is -0.116.